The molecule has 4 amide bonds. The maximum atomic E-state index is 12.3. The Balaban J connectivity index is 2.73. The highest BCUT2D eigenvalue weighted by atomic mass is 16.5. The quantitative estimate of drug-likeness (QED) is 0.439. The molecule has 0 bridgehead atoms. The Morgan fingerprint density at radius 3 is 2.00 bits per heavy atom. The molecule has 0 aliphatic carbocycles. The zero-order valence-corrected chi connectivity index (χ0v) is 15.5. The Morgan fingerprint density at radius 1 is 0.960 bits per heavy atom. The molecule has 0 aromatic rings. The Bertz CT molecular complexity index is 478. The second-order valence-corrected chi connectivity index (χ2v) is 6.61. The molecular weight excluding hydrogens is 324 g/mol. The van der Waals surface area contributed by atoms with E-state index in [1.807, 2.05) is 20.8 Å². The number of rotatable bonds is 11. The molecule has 1 heterocycles. The Morgan fingerprint density at radius 2 is 1.52 bits per heavy atom. The molecule has 1 aliphatic rings. The van der Waals surface area contributed by atoms with Gasteiger partial charge in [0.2, 0.25) is 11.8 Å². The number of nitrogens with one attached hydrogen (secondary N) is 2. The standard InChI is InChI=1S/C18H30N2O5/c1-4-7-10-18(15(22)19-17(24)20-16(18)23)11-12-25-14(21)13(8-5-2)9-6-3/h13H,4-12H2,1-3H3,(H2,19,20,22,23,24). The van der Waals surface area contributed by atoms with E-state index in [9.17, 15) is 19.2 Å². The van der Waals surface area contributed by atoms with Crippen LogP contribution in [0, 0.1) is 11.3 Å². The molecule has 0 atom stereocenters. The van der Waals surface area contributed by atoms with Crippen LogP contribution in [0.5, 0.6) is 0 Å². The van der Waals surface area contributed by atoms with E-state index in [-0.39, 0.29) is 24.9 Å². The first-order chi connectivity index (χ1) is 11.9. The van der Waals surface area contributed by atoms with Crippen LogP contribution in [0.1, 0.15) is 72.1 Å². The van der Waals surface area contributed by atoms with Gasteiger partial charge in [-0.1, -0.05) is 46.5 Å². The lowest BCUT2D eigenvalue weighted by Crippen LogP contribution is -2.62. The van der Waals surface area contributed by atoms with Crippen LogP contribution in [0.3, 0.4) is 0 Å². The SMILES string of the molecule is CCCCC1(CCOC(=O)C(CCC)CCC)C(=O)NC(=O)NC1=O. The molecule has 1 aliphatic heterocycles. The molecule has 0 aromatic heterocycles. The third kappa shape index (κ3) is 5.54. The fourth-order valence-electron chi connectivity index (χ4n) is 3.16. The summed E-state index contributed by atoms with van der Waals surface area (Å²) >= 11 is 0. The third-order valence-electron chi connectivity index (χ3n) is 4.66. The summed E-state index contributed by atoms with van der Waals surface area (Å²) in [4.78, 5) is 48.2. The summed E-state index contributed by atoms with van der Waals surface area (Å²) in [6, 6.07) is -0.801. The highest BCUT2D eigenvalue weighted by Gasteiger charge is 2.49. The van der Waals surface area contributed by atoms with Gasteiger partial charge in [-0.05, 0) is 19.3 Å². The molecule has 0 radical (unpaired) electrons. The van der Waals surface area contributed by atoms with Gasteiger partial charge in [0, 0.05) is 6.42 Å². The first kappa shape index (κ1) is 21.1. The Kier molecular flexibility index (Phi) is 8.58. The van der Waals surface area contributed by atoms with Gasteiger partial charge in [0.1, 0.15) is 5.41 Å². The average molecular weight is 354 g/mol. The minimum atomic E-state index is -1.35. The third-order valence-corrected chi connectivity index (χ3v) is 4.66. The van der Waals surface area contributed by atoms with E-state index in [4.69, 9.17) is 4.74 Å². The van der Waals surface area contributed by atoms with Crippen molar-refractivity contribution in [1.82, 2.24) is 10.6 Å². The van der Waals surface area contributed by atoms with Crippen LogP contribution in [0.25, 0.3) is 0 Å². The van der Waals surface area contributed by atoms with Gasteiger partial charge in [-0.2, -0.15) is 0 Å². The van der Waals surface area contributed by atoms with E-state index in [2.05, 4.69) is 10.6 Å². The second-order valence-electron chi connectivity index (χ2n) is 6.61. The number of hydrogen-bond donors (Lipinski definition) is 2. The molecule has 7 heteroatoms. The second kappa shape index (κ2) is 10.2. The average Bonchev–Trinajstić information content (AvgIpc) is 2.56. The van der Waals surface area contributed by atoms with Crippen LogP contribution in [0.2, 0.25) is 0 Å². The number of carbonyl (C=O) groups is 4. The minimum absolute atomic E-state index is 0.0124. The maximum absolute atomic E-state index is 12.3. The molecule has 7 nitrogen and oxygen atoms in total. The van der Waals surface area contributed by atoms with E-state index in [1.165, 1.54) is 0 Å². The smallest absolute Gasteiger partial charge is 0.328 e. The van der Waals surface area contributed by atoms with Crippen molar-refractivity contribution in [2.75, 3.05) is 6.61 Å². The molecule has 0 saturated carbocycles. The zero-order valence-electron chi connectivity index (χ0n) is 15.5. The summed E-state index contributed by atoms with van der Waals surface area (Å²) in [5.41, 5.74) is -1.35. The zero-order chi connectivity index (χ0) is 18.9. The maximum Gasteiger partial charge on any atom is 0.328 e. The largest absolute Gasteiger partial charge is 0.465 e. The van der Waals surface area contributed by atoms with E-state index >= 15 is 0 Å². The number of esters is 1. The molecule has 1 saturated heterocycles. The number of ether oxygens (including phenoxy) is 1. The van der Waals surface area contributed by atoms with Crippen LogP contribution in [0.4, 0.5) is 4.79 Å². The monoisotopic (exact) mass is 354 g/mol. The predicted molar refractivity (Wildman–Crippen MR) is 92.5 cm³/mol. The number of carbonyl (C=O) groups excluding carboxylic acids is 4. The van der Waals surface area contributed by atoms with Gasteiger partial charge in [0.15, 0.2) is 0 Å². The number of amides is 4. The summed E-state index contributed by atoms with van der Waals surface area (Å²) < 4.78 is 5.36. The van der Waals surface area contributed by atoms with Gasteiger partial charge in [-0.25, -0.2) is 4.79 Å². The van der Waals surface area contributed by atoms with Gasteiger partial charge in [-0.3, -0.25) is 25.0 Å². The van der Waals surface area contributed by atoms with Crippen LogP contribution >= 0.6 is 0 Å². The molecule has 2 N–H and O–H groups in total. The van der Waals surface area contributed by atoms with Crippen molar-refractivity contribution in [2.45, 2.75) is 72.1 Å². The topological polar surface area (TPSA) is 102 Å². The number of hydrogen-bond acceptors (Lipinski definition) is 5. The Labute approximate surface area is 149 Å². The first-order valence-corrected chi connectivity index (χ1v) is 9.24. The van der Waals surface area contributed by atoms with Crippen molar-refractivity contribution < 1.29 is 23.9 Å². The van der Waals surface area contributed by atoms with Crippen LogP contribution < -0.4 is 10.6 Å². The number of urea groups is 1. The van der Waals surface area contributed by atoms with E-state index in [1.54, 1.807) is 0 Å². The molecule has 0 aromatic carbocycles. The molecule has 0 spiro atoms. The summed E-state index contributed by atoms with van der Waals surface area (Å²) in [7, 11) is 0. The highest BCUT2D eigenvalue weighted by Crippen LogP contribution is 2.32. The van der Waals surface area contributed by atoms with Crippen molar-refractivity contribution in [3.05, 3.63) is 0 Å². The fraction of sp³-hybridized carbons (Fsp3) is 0.778. The lowest BCUT2D eigenvalue weighted by atomic mass is 9.77. The Hall–Kier alpha value is -1.92. The predicted octanol–water partition coefficient (Wildman–Crippen LogP) is 2.68. The van der Waals surface area contributed by atoms with E-state index in [0.717, 1.165) is 32.1 Å². The molecule has 142 valence electrons. The summed E-state index contributed by atoms with van der Waals surface area (Å²) in [6.07, 6.45) is 5.20. The molecule has 25 heavy (non-hydrogen) atoms. The van der Waals surface area contributed by atoms with Crippen molar-refractivity contribution in [3.63, 3.8) is 0 Å². The van der Waals surface area contributed by atoms with E-state index in [0.29, 0.717) is 12.8 Å². The van der Waals surface area contributed by atoms with Crippen molar-refractivity contribution >= 4 is 23.8 Å². The number of imide groups is 2. The molecular formula is C18H30N2O5. The fourth-order valence-corrected chi connectivity index (χ4v) is 3.16. The lowest BCUT2D eigenvalue weighted by Gasteiger charge is -2.33. The van der Waals surface area contributed by atoms with Gasteiger partial charge < -0.3 is 4.74 Å². The van der Waals surface area contributed by atoms with Crippen LogP contribution in [-0.2, 0) is 19.1 Å². The van der Waals surface area contributed by atoms with Gasteiger partial charge in [0.05, 0.1) is 12.5 Å². The van der Waals surface area contributed by atoms with Crippen molar-refractivity contribution in [1.29, 1.82) is 0 Å². The first-order valence-electron chi connectivity index (χ1n) is 9.24. The summed E-state index contributed by atoms with van der Waals surface area (Å²) in [5, 5.41) is 4.32. The molecule has 1 fully saturated rings. The van der Waals surface area contributed by atoms with Crippen LogP contribution in [-0.4, -0.2) is 30.4 Å². The van der Waals surface area contributed by atoms with Gasteiger partial charge in [-0.15, -0.1) is 0 Å². The normalized spacial score (nSPS) is 16.6. The number of unbranched alkanes of at least 4 members (excludes halogenated alkanes) is 1. The van der Waals surface area contributed by atoms with Crippen molar-refractivity contribution in [3.8, 4) is 0 Å². The summed E-state index contributed by atoms with van der Waals surface area (Å²) in [6.45, 7) is 5.98. The summed E-state index contributed by atoms with van der Waals surface area (Å²) in [5.74, 6) is -1.63. The molecule has 1 rings (SSSR count). The van der Waals surface area contributed by atoms with Crippen LogP contribution in [0.15, 0.2) is 0 Å². The van der Waals surface area contributed by atoms with Crippen molar-refractivity contribution in [2.24, 2.45) is 11.3 Å². The van der Waals surface area contributed by atoms with Gasteiger partial charge in [0.25, 0.3) is 0 Å². The highest BCUT2D eigenvalue weighted by molar-refractivity contribution is 6.19. The molecule has 0 unspecified atom stereocenters. The lowest BCUT2D eigenvalue weighted by molar-refractivity contribution is -0.154. The number of barbiturate groups is 1. The van der Waals surface area contributed by atoms with E-state index < -0.39 is 23.3 Å². The van der Waals surface area contributed by atoms with Gasteiger partial charge >= 0.3 is 12.0 Å². The minimum Gasteiger partial charge on any atom is -0.465 e.